The fourth-order valence-corrected chi connectivity index (χ4v) is 6.97. The molecule has 0 radical (unpaired) electrons. The average Bonchev–Trinajstić information content (AvgIpc) is 2.96. The van der Waals surface area contributed by atoms with E-state index >= 15 is 0 Å². The Hall–Kier alpha value is 0. The van der Waals surface area contributed by atoms with E-state index in [4.69, 9.17) is 0 Å². The molecule has 0 fully saturated rings. The molecule has 0 aliphatic heterocycles. The fraction of sp³-hybridized carbons (Fsp3) is 1.00. The lowest BCUT2D eigenvalue weighted by Crippen LogP contribution is -2.11. The van der Waals surface area contributed by atoms with Crippen molar-refractivity contribution in [3.05, 3.63) is 0 Å². The van der Waals surface area contributed by atoms with Crippen LogP contribution in [0.1, 0.15) is 246 Å². The molecular formula is C40H82. The second kappa shape index (κ2) is 35.2. The molecule has 242 valence electrons. The van der Waals surface area contributed by atoms with Crippen LogP contribution in [-0.4, -0.2) is 0 Å². The highest BCUT2D eigenvalue weighted by molar-refractivity contribution is 4.69. The second-order valence-corrected chi connectivity index (χ2v) is 14.0. The van der Waals surface area contributed by atoms with E-state index in [1.807, 2.05) is 0 Å². The molecule has 0 saturated carbocycles. The summed E-state index contributed by atoms with van der Waals surface area (Å²) < 4.78 is 0. The van der Waals surface area contributed by atoms with Crippen LogP contribution in [0.4, 0.5) is 0 Å². The largest absolute Gasteiger partial charge is 0.0654 e. The molecule has 0 amide bonds. The summed E-state index contributed by atoms with van der Waals surface area (Å²) in [5.74, 6) is 2.05. The highest BCUT2D eigenvalue weighted by atomic mass is 14.2. The van der Waals surface area contributed by atoms with E-state index in [2.05, 4.69) is 27.7 Å². The van der Waals surface area contributed by atoms with Crippen molar-refractivity contribution in [1.82, 2.24) is 0 Å². The Bertz CT molecular complexity index is 426. The maximum atomic E-state index is 2.36. The summed E-state index contributed by atoms with van der Waals surface area (Å²) in [6.07, 6.45) is 50.3. The summed E-state index contributed by atoms with van der Waals surface area (Å²) in [6.45, 7) is 9.36. The smallest absolute Gasteiger partial charge is 0.0412 e. The van der Waals surface area contributed by atoms with Gasteiger partial charge in [-0.15, -0.1) is 0 Å². The molecule has 0 rings (SSSR count). The molecular weight excluding hydrogens is 480 g/mol. The lowest BCUT2D eigenvalue weighted by atomic mass is 9.82. The zero-order valence-electron chi connectivity index (χ0n) is 29.2. The molecule has 0 aliphatic rings. The molecule has 0 N–H and O–H groups in total. The van der Waals surface area contributed by atoms with Gasteiger partial charge in [0, 0.05) is 0 Å². The molecule has 0 spiro atoms. The summed E-state index contributed by atoms with van der Waals surface area (Å²) in [5.41, 5.74) is 0. The van der Waals surface area contributed by atoms with Crippen LogP contribution < -0.4 is 0 Å². The van der Waals surface area contributed by atoms with Gasteiger partial charge in [-0.05, 0) is 18.3 Å². The fourth-order valence-electron chi connectivity index (χ4n) is 6.97. The minimum absolute atomic E-state index is 1.02. The van der Waals surface area contributed by atoms with Crippen LogP contribution in [0.5, 0.6) is 0 Å². The summed E-state index contributed by atoms with van der Waals surface area (Å²) in [5, 5.41) is 0. The van der Waals surface area contributed by atoms with Crippen LogP contribution in [0.25, 0.3) is 0 Å². The van der Waals surface area contributed by atoms with Crippen molar-refractivity contribution in [3.63, 3.8) is 0 Å². The molecule has 40 heavy (non-hydrogen) atoms. The molecule has 2 atom stereocenters. The van der Waals surface area contributed by atoms with Crippen molar-refractivity contribution in [2.45, 2.75) is 246 Å². The molecule has 0 aromatic carbocycles. The average molecular weight is 563 g/mol. The number of unbranched alkanes of at least 4 members (excludes halogenated alkanes) is 25. The molecule has 0 aromatic rings. The van der Waals surface area contributed by atoms with Gasteiger partial charge in [0.05, 0.1) is 0 Å². The second-order valence-electron chi connectivity index (χ2n) is 14.0. The summed E-state index contributed by atoms with van der Waals surface area (Å²) in [7, 11) is 0. The molecule has 0 saturated heterocycles. The van der Waals surface area contributed by atoms with Gasteiger partial charge >= 0.3 is 0 Å². The van der Waals surface area contributed by atoms with Gasteiger partial charge in [0.2, 0.25) is 0 Å². The Labute approximate surface area is 257 Å². The summed E-state index contributed by atoms with van der Waals surface area (Å²) >= 11 is 0. The van der Waals surface area contributed by atoms with Crippen LogP contribution >= 0.6 is 0 Å². The third-order valence-corrected chi connectivity index (χ3v) is 9.78. The Kier molecular flexibility index (Phi) is 35.2. The normalized spacial score (nSPS) is 13.2. The molecule has 0 aliphatic carbocycles. The highest BCUT2D eigenvalue weighted by Gasteiger charge is 2.16. The van der Waals surface area contributed by atoms with E-state index < -0.39 is 0 Å². The van der Waals surface area contributed by atoms with Gasteiger partial charge in [-0.2, -0.15) is 0 Å². The van der Waals surface area contributed by atoms with Gasteiger partial charge in [0.1, 0.15) is 0 Å². The van der Waals surface area contributed by atoms with Crippen molar-refractivity contribution < 1.29 is 0 Å². The minimum atomic E-state index is 1.02. The first-order valence-electron chi connectivity index (χ1n) is 19.8. The van der Waals surface area contributed by atoms with Crippen LogP contribution in [0.2, 0.25) is 0 Å². The lowest BCUT2D eigenvalue weighted by Gasteiger charge is -2.24. The Morgan fingerprint density at radius 3 is 0.625 bits per heavy atom. The van der Waals surface area contributed by atoms with Gasteiger partial charge in [-0.1, -0.05) is 240 Å². The van der Waals surface area contributed by atoms with Crippen LogP contribution in [0.15, 0.2) is 0 Å². The maximum absolute atomic E-state index is 2.36. The first kappa shape index (κ1) is 40.0. The topological polar surface area (TPSA) is 0 Å². The quantitative estimate of drug-likeness (QED) is 0.0674. The molecule has 2 unspecified atom stereocenters. The first-order valence-corrected chi connectivity index (χ1v) is 19.8. The van der Waals surface area contributed by atoms with E-state index in [0.717, 1.165) is 11.8 Å². The van der Waals surface area contributed by atoms with Gasteiger partial charge in [-0.25, -0.2) is 0 Å². The highest BCUT2D eigenvalue weighted by Crippen LogP contribution is 2.31. The minimum Gasteiger partial charge on any atom is -0.0654 e. The number of hydrogen-bond donors (Lipinski definition) is 0. The van der Waals surface area contributed by atoms with E-state index in [-0.39, 0.29) is 0 Å². The third kappa shape index (κ3) is 30.9. The van der Waals surface area contributed by atoms with Crippen molar-refractivity contribution in [3.8, 4) is 0 Å². The SMILES string of the molecule is CCCCCCCCCCCCC(CCCCCCCCCCC)CC(CCCCCC)CCCCCCCC. The van der Waals surface area contributed by atoms with Crippen molar-refractivity contribution in [2.24, 2.45) is 11.8 Å². The molecule has 0 bridgehead atoms. The van der Waals surface area contributed by atoms with Gasteiger partial charge in [-0.3, -0.25) is 0 Å². The number of hydrogen-bond acceptors (Lipinski definition) is 0. The van der Waals surface area contributed by atoms with Gasteiger partial charge < -0.3 is 0 Å². The number of rotatable bonds is 35. The van der Waals surface area contributed by atoms with Crippen molar-refractivity contribution >= 4 is 0 Å². The van der Waals surface area contributed by atoms with E-state index in [1.54, 1.807) is 6.42 Å². The van der Waals surface area contributed by atoms with Crippen LogP contribution in [0.3, 0.4) is 0 Å². The first-order chi connectivity index (χ1) is 19.8. The van der Waals surface area contributed by atoms with Gasteiger partial charge in [0.25, 0.3) is 0 Å². The Morgan fingerprint density at radius 1 is 0.225 bits per heavy atom. The van der Waals surface area contributed by atoms with Crippen molar-refractivity contribution in [1.29, 1.82) is 0 Å². The van der Waals surface area contributed by atoms with Gasteiger partial charge in [0.15, 0.2) is 0 Å². The van der Waals surface area contributed by atoms with E-state index in [0.29, 0.717) is 0 Å². The molecule has 0 nitrogen and oxygen atoms in total. The standard InChI is InChI=1S/C40H82/c1-5-9-13-17-20-22-24-26-29-33-37-40(36-32-28-25-23-21-18-14-10-6-2)38-39(34-30-16-12-8-4)35-31-27-19-15-11-7-3/h39-40H,5-38H2,1-4H3. The Balaban J connectivity index is 4.51. The molecule has 0 aromatic heterocycles. The zero-order chi connectivity index (χ0) is 29.2. The summed E-state index contributed by atoms with van der Waals surface area (Å²) in [4.78, 5) is 0. The zero-order valence-corrected chi connectivity index (χ0v) is 29.2. The predicted molar refractivity (Wildman–Crippen MR) is 187 cm³/mol. The van der Waals surface area contributed by atoms with E-state index in [1.165, 1.54) is 212 Å². The van der Waals surface area contributed by atoms with Crippen molar-refractivity contribution in [2.75, 3.05) is 0 Å². The van der Waals surface area contributed by atoms with Crippen LogP contribution in [-0.2, 0) is 0 Å². The third-order valence-electron chi connectivity index (χ3n) is 9.78. The predicted octanol–water partition coefficient (Wildman–Crippen LogP) is 15.6. The summed E-state index contributed by atoms with van der Waals surface area (Å²) in [6, 6.07) is 0. The molecule has 0 heteroatoms. The van der Waals surface area contributed by atoms with Crippen LogP contribution in [0, 0.1) is 11.8 Å². The lowest BCUT2D eigenvalue weighted by molar-refractivity contribution is 0.282. The maximum Gasteiger partial charge on any atom is -0.0412 e. The Morgan fingerprint density at radius 2 is 0.400 bits per heavy atom. The molecule has 0 heterocycles. The monoisotopic (exact) mass is 563 g/mol. The van der Waals surface area contributed by atoms with E-state index in [9.17, 15) is 0 Å².